The van der Waals surface area contributed by atoms with Gasteiger partial charge < -0.3 is 25.7 Å². The number of piperidine rings is 1. The Labute approximate surface area is 200 Å². The average molecular weight is 476 g/mol. The van der Waals surface area contributed by atoms with E-state index in [1.165, 1.54) is 12.1 Å². The molecule has 1 aromatic carbocycles. The summed E-state index contributed by atoms with van der Waals surface area (Å²) < 4.78 is 22.2. The van der Waals surface area contributed by atoms with Crippen LogP contribution in [-0.2, 0) is 0 Å². The second-order valence-corrected chi connectivity index (χ2v) is 8.90. The fourth-order valence-electron chi connectivity index (χ4n) is 4.92. The van der Waals surface area contributed by atoms with Crippen LogP contribution in [0.1, 0.15) is 19.8 Å². The van der Waals surface area contributed by atoms with Crippen molar-refractivity contribution in [3.63, 3.8) is 0 Å². The molecule has 1 fully saturated rings. The summed E-state index contributed by atoms with van der Waals surface area (Å²) in [6.45, 7) is 3.65. The molecule has 0 saturated carbocycles. The molecule has 180 valence electrons. The van der Waals surface area contributed by atoms with Crippen LogP contribution in [0.5, 0.6) is 11.8 Å². The van der Waals surface area contributed by atoms with Crippen molar-refractivity contribution in [1.82, 2.24) is 29.5 Å². The number of hydrogen-bond donors (Lipinski definition) is 3. The van der Waals surface area contributed by atoms with Crippen LogP contribution in [0.3, 0.4) is 0 Å². The van der Waals surface area contributed by atoms with Crippen LogP contribution < -0.4 is 20.7 Å². The highest BCUT2D eigenvalue weighted by atomic mass is 19.1. The molecule has 1 saturated heterocycles. The molecule has 1 unspecified atom stereocenters. The molecule has 4 aromatic heterocycles. The van der Waals surface area contributed by atoms with Crippen molar-refractivity contribution >= 4 is 39.1 Å². The molecule has 2 atom stereocenters. The van der Waals surface area contributed by atoms with E-state index in [-0.39, 0.29) is 17.9 Å². The molecule has 0 bridgehead atoms. The Morgan fingerprint density at radius 2 is 2.20 bits per heavy atom. The minimum atomic E-state index is -0.334. The van der Waals surface area contributed by atoms with Gasteiger partial charge in [-0.05, 0) is 24.5 Å². The summed E-state index contributed by atoms with van der Waals surface area (Å²) in [5.41, 5.74) is 9.06. The van der Waals surface area contributed by atoms with Crippen molar-refractivity contribution in [3.8, 4) is 11.8 Å². The minimum Gasteiger partial charge on any atom is -0.421 e. The van der Waals surface area contributed by atoms with E-state index < -0.39 is 0 Å². The summed E-state index contributed by atoms with van der Waals surface area (Å²) in [5, 5.41) is 8.75. The Balaban J connectivity index is 1.52. The van der Waals surface area contributed by atoms with Crippen LogP contribution in [0, 0.1) is 11.7 Å². The Morgan fingerprint density at radius 1 is 1.31 bits per heavy atom. The first-order valence-corrected chi connectivity index (χ1v) is 11.7. The molecule has 0 spiro atoms. The zero-order valence-corrected chi connectivity index (χ0v) is 19.5. The number of nitrogens with two attached hydrogens (primary N) is 1. The van der Waals surface area contributed by atoms with Gasteiger partial charge in [-0.25, -0.2) is 13.9 Å². The zero-order chi connectivity index (χ0) is 24.1. The number of halogens is 1. The number of nitrogens with one attached hydrogen (secondary N) is 2. The van der Waals surface area contributed by atoms with Crippen molar-refractivity contribution in [1.29, 1.82) is 0 Å². The van der Waals surface area contributed by atoms with Gasteiger partial charge in [0.05, 0.1) is 35.2 Å². The summed E-state index contributed by atoms with van der Waals surface area (Å²) in [6.07, 6.45) is 6.82. The number of H-pyrrole nitrogens is 1. The quantitative estimate of drug-likeness (QED) is 0.352. The highest BCUT2D eigenvalue weighted by molar-refractivity contribution is 6.14. The fourth-order valence-corrected chi connectivity index (χ4v) is 4.92. The molecule has 1 aliphatic heterocycles. The molecule has 0 aliphatic carbocycles. The van der Waals surface area contributed by atoms with Crippen molar-refractivity contribution in [2.24, 2.45) is 11.7 Å². The molecule has 1 aliphatic rings. The SMILES string of the molecule is CC[C@@H]1CN(c2nc(Oc3cnc4ccnn4c3)nc3[nH]c4c(NC)cc(F)cc4c23)CCC1N. The third-order valence-corrected chi connectivity index (χ3v) is 6.80. The van der Waals surface area contributed by atoms with E-state index in [1.54, 1.807) is 36.2 Å². The molecule has 11 heteroatoms. The Kier molecular flexibility index (Phi) is 5.14. The van der Waals surface area contributed by atoms with Crippen LogP contribution in [-0.4, -0.2) is 55.7 Å². The number of hydrogen-bond acceptors (Lipinski definition) is 8. The van der Waals surface area contributed by atoms with E-state index in [0.29, 0.717) is 39.9 Å². The van der Waals surface area contributed by atoms with Crippen molar-refractivity contribution in [3.05, 3.63) is 42.6 Å². The van der Waals surface area contributed by atoms with Crippen molar-refractivity contribution < 1.29 is 9.13 Å². The lowest BCUT2D eigenvalue weighted by Crippen LogP contribution is -2.47. The Morgan fingerprint density at radius 3 is 3.03 bits per heavy atom. The van der Waals surface area contributed by atoms with Gasteiger partial charge in [-0.2, -0.15) is 15.1 Å². The second-order valence-electron chi connectivity index (χ2n) is 8.90. The van der Waals surface area contributed by atoms with Crippen LogP contribution in [0.4, 0.5) is 15.9 Å². The van der Waals surface area contributed by atoms with Gasteiger partial charge in [-0.1, -0.05) is 13.3 Å². The van der Waals surface area contributed by atoms with Crippen LogP contribution in [0.25, 0.3) is 27.6 Å². The van der Waals surface area contributed by atoms with Crippen LogP contribution in [0.15, 0.2) is 36.8 Å². The third-order valence-electron chi connectivity index (χ3n) is 6.80. The van der Waals surface area contributed by atoms with Gasteiger partial charge in [0.2, 0.25) is 0 Å². The molecule has 0 amide bonds. The van der Waals surface area contributed by atoms with Gasteiger partial charge in [-0.15, -0.1) is 0 Å². The van der Waals surface area contributed by atoms with E-state index in [4.69, 9.17) is 15.5 Å². The zero-order valence-electron chi connectivity index (χ0n) is 19.5. The normalized spacial score (nSPS) is 18.6. The van der Waals surface area contributed by atoms with Gasteiger partial charge in [0.15, 0.2) is 11.4 Å². The summed E-state index contributed by atoms with van der Waals surface area (Å²) >= 11 is 0. The largest absolute Gasteiger partial charge is 0.421 e. The monoisotopic (exact) mass is 475 g/mol. The summed E-state index contributed by atoms with van der Waals surface area (Å²) in [7, 11) is 1.76. The molecule has 0 radical (unpaired) electrons. The predicted molar refractivity (Wildman–Crippen MR) is 133 cm³/mol. The van der Waals surface area contributed by atoms with E-state index in [0.717, 1.165) is 36.8 Å². The first-order valence-electron chi connectivity index (χ1n) is 11.7. The number of aromatic amines is 1. The summed E-state index contributed by atoms with van der Waals surface area (Å²) in [6, 6.07) is 5.10. The van der Waals surface area contributed by atoms with E-state index >= 15 is 0 Å². The van der Waals surface area contributed by atoms with Gasteiger partial charge in [0, 0.05) is 37.6 Å². The molecule has 5 heterocycles. The number of rotatable bonds is 5. The topological polar surface area (TPSA) is 122 Å². The highest BCUT2D eigenvalue weighted by Gasteiger charge is 2.29. The number of aromatic nitrogens is 6. The van der Waals surface area contributed by atoms with Crippen LogP contribution in [0.2, 0.25) is 0 Å². The average Bonchev–Trinajstić information content (AvgIpc) is 3.47. The molecule has 4 N–H and O–H groups in total. The van der Waals surface area contributed by atoms with Crippen molar-refractivity contribution in [2.45, 2.75) is 25.8 Å². The highest BCUT2D eigenvalue weighted by Crippen LogP contribution is 2.38. The number of benzene rings is 1. The van der Waals surface area contributed by atoms with Crippen LogP contribution >= 0.6 is 0 Å². The molecule has 6 rings (SSSR count). The lowest BCUT2D eigenvalue weighted by Gasteiger charge is -2.37. The summed E-state index contributed by atoms with van der Waals surface area (Å²) in [4.78, 5) is 19.4. The molecule has 5 aromatic rings. The maximum atomic E-state index is 14.5. The fraction of sp³-hybridized carbons (Fsp3) is 0.333. The third kappa shape index (κ3) is 3.68. The van der Waals surface area contributed by atoms with E-state index in [1.807, 2.05) is 0 Å². The van der Waals surface area contributed by atoms with Crippen molar-refractivity contribution in [2.75, 3.05) is 30.4 Å². The van der Waals surface area contributed by atoms with E-state index in [9.17, 15) is 4.39 Å². The standard InChI is InChI=1S/C24H26FN9O/c1-3-13-11-33(7-5-17(13)26)23-20-16-8-14(25)9-18(27-2)21(16)30-22(20)31-24(32-23)35-15-10-28-19-4-6-29-34(19)12-15/h4,6,8-10,12-13,17,27H,3,5,7,11,26H2,1-2H3,(H,30,31,32)/t13-,17?/m1/s1. The summed E-state index contributed by atoms with van der Waals surface area (Å²) in [5.74, 6) is 1.15. The first-order chi connectivity index (χ1) is 17.0. The van der Waals surface area contributed by atoms with Gasteiger partial charge in [0.25, 0.3) is 0 Å². The van der Waals surface area contributed by atoms with Gasteiger partial charge >= 0.3 is 6.01 Å². The van der Waals surface area contributed by atoms with E-state index in [2.05, 4.69) is 37.2 Å². The Bertz CT molecular complexity index is 1540. The minimum absolute atomic E-state index is 0.146. The number of fused-ring (bicyclic) bond motifs is 4. The second kappa shape index (κ2) is 8.35. The molecule has 10 nitrogen and oxygen atoms in total. The number of anilines is 2. The lowest BCUT2D eigenvalue weighted by molar-refractivity contribution is 0.346. The number of ether oxygens (including phenoxy) is 1. The predicted octanol–water partition coefficient (Wildman–Crippen LogP) is 3.69. The smallest absolute Gasteiger partial charge is 0.326 e. The molecular formula is C24H26FN9O. The molecule has 35 heavy (non-hydrogen) atoms. The maximum Gasteiger partial charge on any atom is 0.326 e. The maximum absolute atomic E-state index is 14.5. The Hall–Kier alpha value is -3.99. The van der Waals surface area contributed by atoms with Gasteiger partial charge in [0.1, 0.15) is 17.3 Å². The lowest BCUT2D eigenvalue weighted by atomic mass is 9.90. The number of nitrogens with zero attached hydrogens (tertiary/aromatic N) is 6. The first kappa shape index (κ1) is 21.5. The molecular weight excluding hydrogens is 449 g/mol. The van der Waals surface area contributed by atoms with Gasteiger partial charge in [-0.3, -0.25) is 0 Å².